The van der Waals surface area contributed by atoms with Crippen LogP contribution < -0.4 is 4.90 Å². The zero-order valence-corrected chi connectivity index (χ0v) is 11.0. The first-order valence-corrected chi connectivity index (χ1v) is 5.83. The van der Waals surface area contributed by atoms with E-state index in [1.165, 1.54) is 12.1 Å². The SMILES string of the molecule is CN(Cc1cccc(F)c1)c1nc(Cl)nnc1Cl. The zero-order chi connectivity index (χ0) is 13.1. The van der Waals surface area contributed by atoms with Crippen molar-refractivity contribution in [3.8, 4) is 0 Å². The summed E-state index contributed by atoms with van der Waals surface area (Å²) in [7, 11) is 1.76. The van der Waals surface area contributed by atoms with Gasteiger partial charge < -0.3 is 4.90 Å². The van der Waals surface area contributed by atoms with Crippen LogP contribution in [-0.2, 0) is 6.54 Å². The molecule has 2 rings (SSSR count). The first kappa shape index (κ1) is 13.0. The van der Waals surface area contributed by atoms with Gasteiger partial charge in [-0.3, -0.25) is 0 Å². The first-order valence-electron chi connectivity index (χ1n) is 5.07. The summed E-state index contributed by atoms with van der Waals surface area (Å²) in [5, 5.41) is 7.36. The second-order valence-electron chi connectivity index (χ2n) is 3.68. The van der Waals surface area contributed by atoms with Crippen LogP contribution in [0.2, 0.25) is 10.4 Å². The standard InChI is InChI=1S/C11H9Cl2FN4/c1-18(6-7-3-2-4-8(14)5-7)10-9(12)16-17-11(13)15-10/h2-5H,6H2,1H3. The molecule has 2 aromatic rings. The number of rotatable bonds is 3. The molecule has 94 valence electrons. The second kappa shape index (κ2) is 5.46. The van der Waals surface area contributed by atoms with Gasteiger partial charge in [-0.1, -0.05) is 23.7 Å². The van der Waals surface area contributed by atoms with Gasteiger partial charge in [-0.25, -0.2) is 4.39 Å². The Morgan fingerprint density at radius 1 is 1.28 bits per heavy atom. The van der Waals surface area contributed by atoms with Crippen LogP contribution in [0, 0.1) is 5.82 Å². The fraction of sp³-hybridized carbons (Fsp3) is 0.182. The maximum absolute atomic E-state index is 13.1. The molecule has 0 N–H and O–H groups in total. The zero-order valence-electron chi connectivity index (χ0n) is 9.44. The smallest absolute Gasteiger partial charge is 0.245 e. The fourth-order valence-electron chi connectivity index (χ4n) is 1.51. The monoisotopic (exact) mass is 286 g/mol. The van der Waals surface area contributed by atoms with Crippen LogP contribution in [0.5, 0.6) is 0 Å². The van der Waals surface area contributed by atoms with Crippen molar-refractivity contribution in [3.63, 3.8) is 0 Å². The third-order valence-electron chi connectivity index (χ3n) is 2.27. The molecule has 0 unspecified atom stereocenters. The van der Waals surface area contributed by atoms with Gasteiger partial charge in [0.05, 0.1) is 0 Å². The van der Waals surface area contributed by atoms with E-state index in [-0.39, 0.29) is 16.3 Å². The van der Waals surface area contributed by atoms with Crippen molar-refractivity contribution in [2.75, 3.05) is 11.9 Å². The lowest BCUT2D eigenvalue weighted by molar-refractivity contribution is 0.625. The van der Waals surface area contributed by atoms with Crippen molar-refractivity contribution in [1.82, 2.24) is 15.2 Å². The van der Waals surface area contributed by atoms with Gasteiger partial charge in [0.2, 0.25) is 5.28 Å². The first-order chi connectivity index (χ1) is 8.56. The molecule has 0 amide bonds. The Bertz CT molecular complexity index is 564. The van der Waals surface area contributed by atoms with Crippen LogP contribution in [0.4, 0.5) is 10.2 Å². The molecular formula is C11H9Cl2FN4. The molecule has 0 fully saturated rings. The predicted molar refractivity (Wildman–Crippen MR) is 68.4 cm³/mol. The molecule has 0 saturated carbocycles. The third-order valence-corrected chi connectivity index (χ3v) is 2.68. The van der Waals surface area contributed by atoms with E-state index >= 15 is 0 Å². The maximum atomic E-state index is 13.1. The highest BCUT2D eigenvalue weighted by molar-refractivity contribution is 6.32. The van der Waals surface area contributed by atoms with Crippen LogP contribution in [0.1, 0.15) is 5.56 Å². The quantitative estimate of drug-likeness (QED) is 0.870. The Hall–Kier alpha value is -1.46. The average Bonchev–Trinajstić information content (AvgIpc) is 2.32. The van der Waals surface area contributed by atoms with Gasteiger partial charge in [0.25, 0.3) is 0 Å². The molecule has 18 heavy (non-hydrogen) atoms. The van der Waals surface area contributed by atoms with E-state index in [0.717, 1.165) is 5.56 Å². The van der Waals surface area contributed by atoms with Crippen molar-refractivity contribution < 1.29 is 4.39 Å². The lowest BCUT2D eigenvalue weighted by Crippen LogP contribution is -2.19. The number of hydrogen-bond acceptors (Lipinski definition) is 4. The van der Waals surface area contributed by atoms with Crippen LogP contribution in [0.3, 0.4) is 0 Å². The van der Waals surface area contributed by atoms with Gasteiger partial charge >= 0.3 is 0 Å². The maximum Gasteiger partial charge on any atom is 0.245 e. The van der Waals surface area contributed by atoms with Crippen LogP contribution in [-0.4, -0.2) is 22.2 Å². The summed E-state index contributed by atoms with van der Waals surface area (Å²) in [6.07, 6.45) is 0. The Morgan fingerprint density at radius 3 is 2.78 bits per heavy atom. The molecule has 0 saturated heterocycles. The van der Waals surface area contributed by atoms with Gasteiger partial charge in [0.1, 0.15) is 5.82 Å². The van der Waals surface area contributed by atoms with Crippen LogP contribution in [0.15, 0.2) is 24.3 Å². The summed E-state index contributed by atoms with van der Waals surface area (Å²) < 4.78 is 13.1. The molecule has 0 aliphatic carbocycles. The minimum atomic E-state index is -0.286. The largest absolute Gasteiger partial charge is 0.353 e. The normalized spacial score (nSPS) is 10.4. The van der Waals surface area contributed by atoms with E-state index in [4.69, 9.17) is 23.2 Å². The predicted octanol–water partition coefficient (Wildman–Crippen LogP) is 2.95. The summed E-state index contributed by atoms with van der Waals surface area (Å²) in [5.41, 5.74) is 0.795. The van der Waals surface area contributed by atoms with Gasteiger partial charge in [-0.15, -0.1) is 10.2 Å². The van der Waals surface area contributed by atoms with Crippen LogP contribution >= 0.6 is 23.2 Å². The molecule has 0 spiro atoms. The lowest BCUT2D eigenvalue weighted by Gasteiger charge is -2.18. The Labute approximate surface area is 113 Å². The lowest BCUT2D eigenvalue weighted by atomic mass is 10.2. The van der Waals surface area contributed by atoms with Gasteiger partial charge in [0, 0.05) is 13.6 Å². The van der Waals surface area contributed by atoms with E-state index in [0.29, 0.717) is 12.4 Å². The number of halogens is 3. The topological polar surface area (TPSA) is 41.9 Å². The number of anilines is 1. The highest BCUT2D eigenvalue weighted by Crippen LogP contribution is 2.21. The molecule has 0 aliphatic heterocycles. The molecule has 1 aromatic heterocycles. The van der Waals surface area contributed by atoms with E-state index in [2.05, 4.69) is 15.2 Å². The minimum Gasteiger partial charge on any atom is -0.353 e. The molecule has 1 heterocycles. The van der Waals surface area contributed by atoms with Crippen molar-refractivity contribution in [2.45, 2.75) is 6.54 Å². The Morgan fingerprint density at radius 2 is 2.06 bits per heavy atom. The van der Waals surface area contributed by atoms with Gasteiger partial charge in [-0.05, 0) is 29.3 Å². The van der Waals surface area contributed by atoms with E-state index < -0.39 is 0 Å². The molecule has 0 aliphatic rings. The number of nitrogens with zero attached hydrogens (tertiary/aromatic N) is 4. The highest BCUT2D eigenvalue weighted by atomic mass is 35.5. The third kappa shape index (κ3) is 3.05. The molecular weight excluding hydrogens is 278 g/mol. The fourth-order valence-corrected chi connectivity index (χ4v) is 1.85. The number of benzene rings is 1. The average molecular weight is 287 g/mol. The molecule has 0 bridgehead atoms. The van der Waals surface area contributed by atoms with Gasteiger partial charge in [0.15, 0.2) is 11.0 Å². The van der Waals surface area contributed by atoms with Crippen molar-refractivity contribution in [2.24, 2.45) is 0 Å². The molecule has 0 radical (unpaired) electrons. The summed E-state index contributed by atoms with van der Waals surface area (Å²) >= 11 is 11.5. The van der Waals surface area contributed by atoms with Crippen molar-refractivity contribution in [3.05, 3.63) is 46.1 Å². The Balaban J connectivity index is 2.21. The van der Waals surface area contributed by atoms with Crippen molar-refractivity contribution >= 4 is 29.0 Å². The minimum absolute atomic E-state index is 0.0143. The summed E-state index contributed by atoms with van der Waals surface area (Å²) in [6, 6.07) is 6.29. The number of hydrogen-bond donors (Lipinski definition) is 0. The molecule has 0 atom stereocenters. The molecule has 4 nitrogen and oxygen atoms in total. The second-order valence-corrected chi connectivity index (χ2v) is 4.38. The van der Waals surface area contributed by atoms with E-state index in [1.54, 1.807) is 18.0 Å². The highest BCUT2D eigenvalue weighted by Gasteiger charge is 2.11. The molecule has 7 heteroatoms. The van der Waals surface area contributed by atoms with Gasteiger partial charge in [-0.2, -0.15) is 4.98 Å². The molecule has 1 aromatic carbocycles. The number of aromatic nitrogens is 3. The van der Waals surface area contributed by atoms with E-state index in [9.17, 15) is 4.39 Å². The summed E-state index contributed by atoms with van der Waals surface area (Å²) in [4.78, 5) is 5.70. The van der Waals surface area contributed by atoms with Crippen LogP contribution in [0.25, 0.3) is 0 Å². The summed E-state index contributed by atoms with van der Waals surface area (Å²) in [6.45, 7) is 0.437. The summed E-state index contributed by atoms with van der Waals surface area (Å²) in [5.74, 6) is 0.117. The van der Waals surface area contributed by atoms with Crippen molar-refractivity contribution in [1.29, 1.82) is 0 Å². The Kier molecular flexibility index (Phi) is 3.93. The van der Waals surface area contributed by atoms with E-state index in [1.807, 2.05) is 6.07 Å².